The summed E-state index contributed by atoms with van der Waals surface area (Å²) >= 11 is 0. The average Bonchev–Trinajstić information content (AvgIpc) is 2.83. The van der Waals surface area contributed by atoms with Crippen LogP contribution < -0.4 is 4.57 Å². The summed E-state index contributed by atoms with van der Waals surface area (Å²) in [5.74, 6) is 1.49. The lowest BCUT2D eigenvalue weighted by Gasteiger charge is -2.22. The first-order chi connectivity index (χ1) is 8.86. The van der Waals surface area contributed by atoms with Gasteiger partial charge in [0, 0.05) is 6.92 Å². The van der Waals surface area contributed by atoms with Gasteiger partial charge in [-0.05, 0) is 51.4 Å². The molecule has 1 heterocycles. The molecule has 0 atom stereocenters. The molecule has 0 amide bonds. The minimum Gasteiger partial charge on any atom is -0.232 e. The van der Waals surface area contributed by atoms with E-state index in [1.54, 1.807) is 0 Å². The molecular formula is C16H27N2+. The first-order valence-corrected chi connectivity index (χ1v) is 7.95. The van der Waals surface area contributed by atoms with Gasteiger partial charge < -0.3 is 0 Å². The van der Waals surface area contributed by atoms with Crippen molar-refractivity contribution in [1.29, 1.82) is 0 Å². The van der Waals surface area contributed by atoms with E-state index in [1.165, 1.54) is 70.0 Å². The molecule has 2 nitrogen and oxygen atoms in total. The summed E-state index contributed by atoms with van der Waals surface area (Å²) in [6.45, 7) is 2.32. The molecule has 2 aliphatic carbocycles. The van der Waals surface area contributed by atoms with Gasteiger partial charge in [-0.15, -0.1) is 0 Å². The van der Waals surface area contributed by atoms with Crippen molar-refractivity contribution in [1.82, 2.24) is 4.57 Å². The minimum atomic E-state index is 0.781. The molecule has 0 spiro atoms. The number of nitrogens with zero attached hydrogens (tertiary/aromatic N) is 2. The topological polar surface area (TPSA) is 8.81 Å². The zero-order valence-electron chi connectivity index (χ0n) is 11.8. The van der Waals surface area contributed by atoms with Crippen molar-refractivity contribution in [3.8, 4) is 0 Å². The largest absolute Gasteiger partial charge is 0.253 e. The third-order valence-corrected chi connectivity index (χ3v) is 5.07. The molecule has 0 saturated heterocycles. The maximum atomic E-state index is 2.56. The van der Waals surface area contributed by atoms with Gasteiger partial charge >= 0.3 is 0 Å². The Morgan fingerprint density at radius 2 is 1.56 bits per heavy atom. The fourth-order valence-corrected chi connectivity index (χ4v) is 3.98. The van der Waals surface area contributed by atoms with Gasteiger partial charge in [0.2, 0.25) is 0 Å². The first-order valence-electron chi connectivity index (χ1n) is 7.95. The summed E-state index contributed by atoms with van der Waals surface area (Å²) in [5, 5.41) is 0. The lowest BCUT2D eigenvalue weighted by molar-refractivity contribution is -0.730. The number of hydrogen-bond donors (Lipinski definition) is 0. The van der Waals surface area contributed by atoms with E-state index in [4.69, 9.17) is 0 Å². The zero-order chi connectivity index (χ0) is 12.4. The molecule has 0 unspecified atom stereocenters. The molecule has 2 aliphatic rings. The van der Waals surface area contributed by atoms with Crippen LogP contribution in [0.25, 0.3) is 0 Å². The molecule has 0 N–H and O–H groups in total. The van der Waals surface area contributed by atoms with Crippen LogP contribution in [-0.2, 0) is 0 Å². The second-order valence-corrected chi connectivity index (χ2v) is 6.24. The predicted octanol–water partition coefficient (Wildman–Crippen LogP) is 4.09. The second kappa shape index (κ2) is 5.46. The molecule has 2 saturated carbocycles. The molecule has 1 aromatic heterocycles. The molecule has 0 radical (unpaired) electrons. The number of rotatable bonds is 2. The van der Waals surface area contributed by atoms with Crippen molar-refractivity contribution in [2.24, 2.45) is 0 Å². The minimum absolute atomic E-state index is 0.781. The van der Waals surface area contributed by atoms with E-state index in [1.807, 2.05) is 0 Å². The van der Waals surface area contributed by atoms with Gasteiger partial charge in [0.25, 0.3) is 5.82 Å². The van der Waals surface area contributed by atoms with Gasteiger partial charge in [0.15, 0.2) is 0 Å². The smallest absolute Gasteiger partial charge is 0.232 e. The predicted molar refractivity (Wildman–Crippen MR) is 73.6 cm³/mol. The van der Waals surface area contributed by atoms with Crippen LogP contribution in [0.3, 0.4) is 0 Å². The Morgan fingerprint density at radius 3 is 2.22 bits per heavy atom. The van der Waals surface area contributed by atoms with E-state index >= 15 is 0 Å². The Balaban J connectivity index is 1.78. The fraction of sp³-hybridized carbons (Fsp3) is 0.812. The first kappa shape index (κ1) is 12.3. The highest BCUT2D eigenvalue weighted by Crippen LogP contribution is 2.30. The van der Waals surface area contributed by atoms with Crippen LogP contribution in [0.15, 0.2) is 12.4 Å². The van der Waals surface area contributed by atoms with E-state index in [-0.39, 0.29) is 0 Å². The number of aromatic nitrogens is 2. The maximum absolute atomic E-state index is 2.56. The number of imidazole rings is 1. The highest BCUT2D eigenvalue weighted by atomic mass is 15.2. The molecule has 2 heteroatoms. The average molecular weight is 247 g/mol. The summed E-state index contributed by atoms with van der Waals surface area (Å²) in [4.78, 5) is 0. The van der Waals surface area contributed by atoms with Gasteiger partial charge in [-0.2, -0.15) is 0 Å². The second-order valence-electron chi connectivity index (χ2n) is 6.24. The standard InChI is InChI=1S/C16H27N2/c1-14-17(15-8-4-2-5-9-15)12-13-18(14)16-10-6-3-7-11-16/h12-13,15-16H,2-11H2,1H3/q+1. The molecule has 3 rings (SSSR count). The van der Waals surface area contributed by atoms with Crippen LogP contribution in [0.1, 0.15) is 82.1 Å². The van der Waals surface area contributed by atoms with Crippen molar-refractivity contribution in [3.63, 3.8) is 0 Å². The van der Waals surface area contributed by atoms with Crippen LogP contribution in [0, 0.1) is 6.92 Å². The van der Waals surface area contributed by atoms with Crippen LogP contribution >= 0.6 is 0 Å². The Bertz CT molecular complexity index is 346. The Kier molecular flexibility index (Phi) is 3.72. The van der Waals surface area contributed by atoms with Crippen LogP contribution in [0.2, 0.25) is 0 Å². The Labute approximate surface area is 111 Å². The van der Waals surface area contributed by atoms with E-state index < -0.39 is 0 Å². The van der Waals surface area contributed by atoms with Crippen LogP contribution in [0.5, 0.6) is 0 Å². The highest BCUT2D eigenvalue weighted by Gasteiger charge is 2.27. The molecule has 100 valence electrons. The SMILES string of the molecule is Cc1n(C2CCCCC2)cc[n+]1C1CCCCC1. The maximum Gasteiger partial charge on any atom is 0.253 e. The zero-order valence-corrected chi connectivity index (χ0v) is 11.8. The third kappa shape index (κ3) is 2.34. The molecule has 0 aliphatic heterocycles. The quantitative estimate of drug-likeness (QED) is 0.696. The monoisotopic (exact) mass is 247 g/mol. The van der Waals surface area contributed by atoms with Gasteiger partial charge in [-0.25, -0.2) is 9.13 Å². The molecule has 18 heavy (non-hydrogen) atoms. The third-order valence-electron chi connectivity index (χ3n) is 5.07. The molecule has 0 aromatic carbocycles. The van der Waals surface area contributed by atoms with Crippen molar-refractivity contribution in [2.75, 3.05) is 0 Å². The summed E-state index contributed by atoms with van der Waals surface area (Å²) in [6, 6.07) is 1.56. The summed E-state index contributed by atoms with van der Waals surface area (Å²) in [6.07, 6.45) is 18.8. The summed E-state index contributed by atoms with van der Waals surface area (Å²) in [7, 11) is 0. The Morgan fingerprint density at radius 1 is 0.944 bits per heavy atom. The normalized spacial score (nSPS) is 23.4. The van der Waals surface area contributed by atoms with E-state index in [0.29, 0.717) is 0 Å². The van der Waals surface area contributed by atoms with Crippen LogP contribution in [0.4, 0.5) is 0 Å². The van der Waals surface area contributed by atoms with Crippen molar-refractivity contribution < 1.29 is 4.57 Å². The van der Waals surface area contributed by atoms with Crippen molar-refractivity contribution >= 4 is 0 Å². The molecule has 1 aromatic rings. The van der Waals surface area contributed by atoms with Gasteiger partial charge in [0.1, 0.15) is 24.5 Å². The molecule has 2 fully saturated rings. The lowest BCUT2D eigenvalue weighted by atomic mass is 9.95. The van der Waals surface area contributed by atoms with E-state index in [2.05, 4.69) is 28.5 Å². The van der Waals surface area contributed by atoms with Gasteiger partial charge in [-0.1, -0.05) is 12.8 Å². The van der Waals surface area contributed by atoms with Crippen molar-refractivity contribution in [3.05, 3.63) is 18.2 Å². The molecule has 0 bridgehead atoms. The highest BCUT2D eigenvalue weighted by molar-refractivity contribution is 4.87. The van der Waals surface area contributed by atoms with Gasteiger partial charge in [0.05, 0.1) is 0 Å². The lowest BCUT2D eigenvalue weighted by Crippen LogP contribution is -2.42. The summed E-state index contributed by atoms with van der Waals surface area (Å²) < 4.78 is 5.13. The Hall–Kier alpha value is -0.790. The fourth-order valence-electron chi connectivity index (χ4n) is 3.98. The number of hydrogen-bond acceptors (Lipinski definition) is 0. The van der Waals surface area contributed by atoms with E-state index in [9.17, 15) is 0 Å². The molecular weight excluding hydrogens is 220 g/mol. The van der Waals surface area contributed by atoms with Crippen LogP contribution in [-0.4, -0.2) is 4.57 Å². The van der Waals surface area contributed by atoms with Gasteiger partial charge in [-0.3, -0.25) is 0 Å². The van der Waals surface area contributed by atoms with Crippen molar-refractivity contribution in [2.45, 2.75) is 83.2 Å². The van der Waals surface area contributed by atoms with E-state index in [0.717, 1.165) is 12.1 Å². The summed E-state index contributed by atoms with van der Waals surface area (Å²) in [5.41, 5.74) is 0.